The van der Waals surface area contributed by atoms with Crippen molar-refractivity contribution in [2.45, 2.75) is 56.9 Å². The van der Waals surface area contributed by atoms with Crippen LogP contribution >= 0.6 is 0 Å². The van der Waals surface area contributed by atoms with E-state index in [0.29, 0.717) is 43.6 Å². The minimum absolute atomic E-state index is 0.121. The number of nitrogens with two attached hydrogens (primary N) is 1. The molecule has 3 aromatic carbocycles. The van der Waals surface area contributed by atoms with Crippen LogP contribution in [-0.2, 0) is 47.5 Å². The van der Waals surface area contributed by atoms with Gasteiger partial charge >= 0.3 is 17.8 Å². The zero-order valence-corrected chi connectivity index (χ0v) is 26.1. The van der Waals surface area contributed by atoms with Crippen LogP contribution in [0.5, 0.6) is 0 Å². The van der Waals surface area contributed by atoms with Crippen LogP contribution in [0.25, 0.3) is 0 Å². The number of halogens is 4. The number of hydrogen-bond acceptors (Lipinski definition) is 7. The highest BCUT2D eigenvalue weighted by Crippen LogP contribution is 2.43. The first-order valence-electron chi connectivity index (χ1n) is 15.5. The van der Waals surface area contributed by atoms with Crippen molar-refractivity contribution in [1.29, 1.82) is 0 Å². The van der Waals surface area contributed by atoms with Gasteiger partial charge in [-0.15, -0.1) is 0 Å². The van der Waals surface area contributed by atoms with Crippen LogP contribution in [0, 0.1) is 5.82 Å². The number of carbonyl (C=O) groups excluding carboxylic acids is 1. The molecule has 252 valence electrons. The standard InChI is InChI=1S/C35H34F4N4O5/c1-47-32(45)24-11-6-5-10-23(24)18-41-16-14-34(15-17-41)30-29(21-48-34)42(19-25-26(35(37,38)39)12-7-13-27(25)36)33(46)43(31(30)44)20-28(40)22-8-3-2-4-9-22/h2-13,28H,14-21,40H2,1H3/t28-/m0/s1. The van der Waals surface area contributed by atoms with Crippen LogP contribution < -0.4 is 17.0 Å². The molecule has 13 heteroatoms. The summed E-state index contributed by atoms with van der Waals surface area (Å²) < 4.78 is 70.2. The lowest BCUT2D eigenvalue weighted by atomic mass is 9.85. The van der Waals surface area contributed by atoms with Crippen molar-refractivity contribution in [3.63, 3.8) is 0 Å². The molecule has 0 saturated carbocycles. The second kappa shape index (κ2) is 13.1. The van der Waals surface area contributed by atoms with E-state index in [0.717, 1.165) is 32.9 Å². The van der Waals surface area contributed by atoms with E-state index < -0.39 is 58.5 Å². The maximum absolute atomic E-state index is 15.1. The van der Waals surface area contributed by atoms with Crippen molar-refractivity contribution in [1.82, 2.24) is 14.0 Å². The van der Waals surface area contributed by atoms with Gasteiger partial charge in [0.15, 0.2) is 0 Å². The first-order valence-corrected chi connectivity index (χ1v) is 15.5. The van der Waals surface area contributed by atoms with E-state index in [4.69, 9.17) is 15.2 Å². The maximum Gasteiger partial charge on any atom is 0.416 e. The summed E-state index contributed by atoms with van der Waals surface area (Å²) in [6.45, 7) is 0.0825. The smallest absolute Gasteiger partial charge is 0.416 e. The van der Waals surface area contributed by atoms with E-state index in [1.165, 1.54) is 7.11 Å². The predicted molar refractivity (Wildman–Crippen MR) is 168 cm³/mol. The van der Waals surface area contributed by atoms with Crippen LogP contribution in [0.2, 0.25) is 0 Å². The van der Waals surface area contributed by atoms with Gasteiger partial charge in [0.1, 0.15) is 11.4 Å². The van der Waals surface area contributed by atoms with Gasteiger partial charge < -0.3 is 15.2 Å². The zero-order chi connectivity index (χ0) is 34.2. The second-order valence-corrected chi connectivity index (χ2v) is 12.1. The van der Waals surface area contributed by atoms with Gasteiger partial charge in [-0.2, -0.15) is 13.2 Å². The number of esters is 1. The lowest BCUT2D eigenvalue weighted by molar-refractivity contribution is -0.138. The van der Waals surface area contributed by atoms with Gasteiger partial charge in [-0.3, -0.25) is 18.8 Å². The summed E-state index contributed by atoms with van der Waals surface area (Å²) in [5.74, 6) is -1.58. The van der Waals surface area contributed by atoms with E-state index >= 15 is 4.39 Å². The number of piperidine rings is 1. The molecule has 0 aliphatic carbocycles. The highest BCUT2D eigenvalue weighted by molar-refractivity contribution is 5.90. The lowest BCUT2D eigenvalue weighted by Gasteiger charge is -2.39. The van der Waals surface area contributed by atoms with Gasteiger partial charge in [0.05, 0.1) is 49.2 Å². The maximum atomic E-state index is 15.1. The summed E-state index contributed by atoms with van der Waals surface area (Å²) in [5.41, 5.74) is 3.98. The molecule has 1 aromatic heterocycles. The molecular formula is C35H34F4N4O5. The third-order valence-electron chi connectivity index (χ3n) is 9.30. The van der Waals surface area contributed by atoms with Crippen LogP contribution in [-0.4, -0.2) is 40.2 Å². The topological polar surface area (TPSA) is 109 Å². The third kappa shape index (κ3) is 6.20. The molecule has 1 spiro atoms. The molecule has 4 aromatic rings. The second-order valence-electron chi connectivity index (χ2n) is 12.1. The normalized spacial score (nSPS) is 16.5. The number of nitrogens with zero attached hydrogens (tertiary/aromatic N) is 3. The molecule has 1 atom stereocenters. The molecule has 2 N–H and O–H groups in total. The zero-order valence-electron chi connectivity index (χ0n) is 26.1. The highest BCUT2D eigenvalue weighted by Gasteiger charge is 2.47. The summed E-state index contributed by atoms with van der Waals surface area (Å²) in [5, 5.41) is 0. The van der Waals surface area contributed by atoms with Crippen molar-refractivity contribution in [2.24, 2.45) is 5.73 Å². The summed E-state index contributed by atoms with van der Waals surface area (Å²) in [6, 6.07) is 17.7. The number of benzene rings is 3. The number of hydrogen-bond donors (Lipinski definition) is 1. The molecule has 2 aliphatic heterocycles. The average molecular weight is 667 g/mol. The molecule has 0 unspecified atom stereocenters. The number of methoxy groups -OCH3 is 1. The van der Waals surface area contributed by atoms with E-state index in [1.54, 1.807) is 42.5 Å². The van der Waals surface area contributed by atoms with Gasteiger partial charge in [0.25, 0.3) is 5.56 Å². The molecule has 3 heterocycles. The Morgan fingerprint density at radius 2 is 1.65 bits per heavy atom. The van der Waals surface area contributed by atoms with Crippen molar-refractivity contribution >= 4 is 5.97 Å². The number of rotatable bonds is 8. The number of aromatic nitrogens is 2. The van der Waals surface area contributed by atoms with Crippen LogP contribution in [0.3, 0.4) is 0 Å². The van der Waals surface area contributed by atoms with Crippen molar-refractivity contribution in [3.8, 4) is 0 Å². The Labute approximate surface area is 273 Å². The molecular weight excluding hydrogens is 632 g/mol. The average Bonchev–Trinajstić information content (AvgIpc) is 3.44. The molecule has 0 radical (unpaired) electrons. The van der Waals surface area contributed by atoms with Crippen molar-refractivity contribution in [2.75, 3.05) is 20.2 Å². The largest absolute Gasteiger partial charge is 0.465 e. The Hall–Kier alpha value is -4.59. The molecule has 2 aliphatic rings. The van der Waals surface area contributed by atoms with Gasteiger partial charge in [-0.05, 0) is 42.2 Å². The monoisotopic (exact) mass is 666 g/mol. The number of ether oxygens (including phenoxy) is 2. The van der Waals surface area contributed by atoms with Gasteiger partial charge in [0, 0.05) is 31.2 Å². The lowest BCUT2D eigenvalue weighted by Crippen LogP contribution is -2.49. The first-order chi connectivity index (χ1) is 22.9. The Morgan fingerprint density at radius 3 is 2.33 bits per heavy atom. The van der Waals surface area contributed by atoms with Crippen molar-refractivity contribution in [3.05, 3.63) is 139 Å². The van der Waals surface area contributed by atoms with Gasteiger partial charge in [-0.25, -0.2) is 14.0 Å². The Kier molecular flexibility index (Phi) is 9.12. The Bertz CT molecular complexity index is 1950. The first kappa shape index (κ1) is 33.3. The Morgan fingerprint density at radius 1 is 0.958 bits per heavy atom. The summed E-state index contributed by atoms with van der Waals surface area (Å²) >= 11 is 0. The van der Waals surface area contributed by atoms with E-state index in [2.05, 4.69) is 4.90 Å². The van der Waals surface area contributed by atoms with Crippen LogP contribution in [0.1, 0.15) is 62.8 Å². The fourth-order valence-corrected chi connectivity index (χ4v) is 6.77. The van der Waals surface area contributed by atoms with Gasteiger partial charge in [0.2, 0.25) is 0 Å². The summed E-state index contributed by atoms with van der Waals surface area (Å²) in [7, 11) is 1.31. The molecule has 0 amide bonds. The molecule has 6 rings (SSSR count). The number of fused-ring (bicyclic) bond motifs is 2. The molecule has 1 fully saturated rings. The SMILES string of the molecule is COC(=O)c1ccccc1CN1CCC2(CC1)OCc1c2c(=O)n(C[C@H](N)c2ccccc2)c(=O)n1Cc1c(F)cccc1C(F)(F)F. The van der Waals surface area contributed by atoms with Crippen LogP contribution in [0.15, 0.2) is 82.4 Å². The minimum Gasteiger partial charge on any atom is -0.465 e. The highest BCUT2D eigenvalue weighted by atomic mass is 19.4. The van der Waals surface area contributed by atoms with Crippen molar-refractivity contribution < 1.29 is 31.8 Å². The van der Waals surface area contributed by atoms with E-state index in [9.17, 15) is 27.6 Å². The van der Waals surface area contributed by atoms with Gasteiger partial charge in [-0.1, -0.05) is 54.6 Å². The fourth-order valence-electron chi connectivity index (χ4n) is 6.77. The third-order valence-corrected chi connectivity index (χ3v) is 9.30. The summed E-state index contributed by atoms with van der Waals surface area (Å²) in [6.07, 6.45) is -4.23. The molecule has 48 heavy (non-hydrogen) atoms. The fraction of sp³-hybridized carbons (Fsp3) is 0.343. The minimum atomic E-state index is -4.88. The number of alkyl halides is 3. The number of likely N-dealkylation sites (tertiary alicyclic amines) is 1. The molecule has 0 bridgehead atoms. The predicted octanol–water partition coefficient (Wildman–Crippen LogP) is 4.72. The van der Waals surface area contributed by atoms with E-state index in [-0.39, 0.29) is 24.4 Å². The Balaban J connectivity index is 1.40. The van der Waals surface area contributed by atoms with E-state index in [1.807, 2.05) is 12.1 Å². The quantitative estimate of drug-likeness (QED) is 0.214. The number of carbonyl (C=O) groups is 1. The summed E-state index contributed by atoms with van der Waals surface area (Å²) in [4.78, 5) is 42.7. The molecule has 1 saturated heterocycles. The van der Waals surface area contributed by atoms with Crippen LogP contribution in [0.4, 0.5) is 17.6 Å². The molecule has 9 nitrogen and oxygen atoms in total.